The third-order valence-electron chi connectivity index (χ3n) is 5.58. The normalized spacial score (nSPS) is 13.2. The molecule has 1 heterocycles. The molecule has 5 N–H and O–H groups in total. The van der Waals surface area contributed by atoms with Gasteiger partial charge in [-0.15, -0.1) is 0 Å². The monoisotopic (exact) mass is 462 g/mol. The van der Waals surface area contributed by atoms with Gasteiger partial charge < -0.3 is 30.7 Å². The molecule has 3 rings (SSSR count). The van der Waals surface area contributed by atoms with Crippen molar-refractivity contribution in [3.8, 4) is 0 Å². The predicted octanol–water partition coefficient (Wildman–Crippen LogP) is 2.93. The van der Waals surface area contributed by atoms with Crippen molar-refractivity contribution < 1.29 is 24.6 Å². The lowest BCUT2D eigenvalue weighted by atomic mass is 9.95. The van der Waals surface area contributed by atoms with Crippen LogP contribution in [-0.2, 0) is 9.59 Å². The highest BCUT2D eigenvalue weighted by Gasteiger charge is 2.13. The Morgan fingerprint density at radius 2 is 1.76 bits per heavy atom. The van der Waals surface area contributed by atoms with Gasteiger partial charge in [-0.25, -0.2) is 0 Å². The van der Waals surface area contributed by atoms with Gasteiger partial charge in [-0.3, -0.25) is 14.4 Å². The van der Waals surface area contributed by atoms with Crippen molar-refractivity contribution in [2.45, 2.75) is 51.0 Å². The highest BCUT2D eigenvalue weighted by atomic mass is 16.3. The molecule has 1 saturated carbocycles. The molecule has 33 heavy (non-hydrogen) atoms. The van der Waals surface area contributed by atoms with Crippen molar-refractivity contribution in [2.75, 3.05) is 33.2 Å². The van der Waals surface area contributed by atoms with Crippen molar-refractivity contribution in [3.05, 3.63) is 36.0 Å². The van der Waals surface area contributed by atoms with Gasteiger partial charge >= 0.3 is 0 Å². The first kappa shape index (κ1) is 28.1. The molecule has 1 fully saturated rings. The van der Waals surface area contributed by atoms with Gasteiger partial charge in [0, 0.05) is 55.4 Å². The van der Waals surface area contributed by atoms with E-state index in [1.807, 2.05) is 42.4 Å². The van der Waals surface area contributed by atoms with E-state index in [1.165, 1.54) is 32.1 Å². The van der Waals surface area contributed by atoms with E-state index in [2.05, 4.69) is 15.6 Å². The minimum absolute atomic E-state index is 0.0998. The van der Waals surface area contributed by atoms with E-state index >= 15 is 0 Å². The molecular weight excluding hydrogens is 424 g/mol. The fourth-order valence-electron chi connectivity index (χ4n) is 3.90. The predicted molar refractivity (Wildman–Crippen MR) is 130 cm³/mol. The highest BCUT2D eigenvalue weighted by molar-refractivity contribution is 5.97. The van der Waals surface area contributed by atoms with E-state index in [0.29, 0.717) is 0 Å². The van der Waals surface area contributed by atoms with Crippen molar-refractivity contribution >= 4 is 29.8 Å². The molecule has 0 spiro atoms. The first-order valence-corrected chi connectivity index (χ1v) is 11.5. The van der Waals surface area contributed by atoms with Crippen LogP contribution in [0.3, 0.4) is 0 Å². The SMILES string of the molecule is CN(CCCCNCCNC1CCCCC1)C(=O)c1ccc2[nH]ccc2c1.O=CO.O=CO. The molecule has 1 aliphatic carbocycles. The molecule has 0 bridgehead atoms. The van der Waals surface area contributed by atoms with Crippen LogP contribution in [0.15, 0.2) is 30.5 Å². The van der Waals surface area contributed by atoms with Crippen LogP contribution in [0.25, 0.3) is 10.9 Å². The maximum atomic E-state index is 12.6. The minimum Gasteiger partial charge on any atom is -0.483 e. The summed E-state index contributed by atoms with van der Waals surface area (Å²) in [6, 6.07) is 8.58. The number of aromatic amines is 1. The van der Waals surface area contributed by atoms with Crippen molar-refractivity contribution in [1.82, 2.24) is 20.5 Å². The van der Waals surface area contributed by atoms with Crippen LogP contribution in [0.2, 0.25) is 0 Å². The Labute approximate surface area is 195 Å². The third-order valence-corrected chi connectivity index (χ3v) is 5.58. The zero-order valence-electron chi connectivity index (χ0n) is 19.5. The van der Waals surface area contributed by atoms with Crippen LogP contribution < -0.4 is 10.6 Å². The molecule has 0 aliphatic heterocycles. The lowest BCUT2D eigenvalue weighted by Gasteiger charge is -2.22. The summed E-state index contributed by atoms with van der Waals surface area (Å²) in [6.45, 7) is 3.41. The van der Waals surface area contributed by atoms with Gasteiger partial charge in [-0.2, -0.15) is 0 Å². The molecule has 1 aromatic carbocycles. The molecule has 0 radical (unpaired) electrons. The topological polar surface area (TPSA) is 135 Å². The maximum Gasteiger partial charge on any atom is 0.290 e. The Morgan fingerprint density at radius 1 is 1.06 bits per heavy atom. The second-order valence-electron chi connectivity index (χ2n) is 7.96. The molecule has 0 unspecified atom stereocenters. The summed E-state index contributed by atoms with van der Waals surface area (Å²) in [4.78, 5) is 34.3. The first-order chi connectivity index (χ1) is 16.1. The number of carboxylic acid groups (broad SMARTS) is 2. The average molecular weight is 463 g/mol. The molecule has 9 nitrogen and oxygen atoms in total. The van der Waals surface area contributed by atoms with Gasteiger partial charge in [0.1, 0.15) is 0 Å². The Bertz CT molecular complexity index is 799. The molecular formula is C24H38N4O5. The van der Waals surface area contributed by atoms with Gasteiger partial charge in [0.15, 0.2) is 0 Å². The van der Waals surface area contributed by atoms with Crippen LogP contribution in [0.5, 0.6) is 0 Å². The van der Waals surface area contributed by atoms with Gasteiger partial charge in [0.2, 0.25) is 0 Å². The summed E-state index contributed by atoms with van der Waals surface area (Å²) in [5.41, 5.74) is 1.83. The zero-order chi connectivity index (χ0) is 24.3. The largest absolute Gasteiger partial charge is 0.483 e. The number of nitrogens with one attached hydrogen (secondary N) is 3. The van der Waals surface area contributed by atoms with Crippen molar-refractivity contribution in [1.29, 1.82) is 0 Å². The van der Waals surface area contributed by atoms with E-state index in [-0.39, 0.29) is 18.9 Å². The summed E-state index contributed by atoms with van der Waals surface area (Å²) < 4.78 is 0. The number of hydrogen-bond donors (Lipinski definition) is 5. The number of unbranched alkanes of at least 4 members (excludes halogenated alkanes) is 1. The van der Waals surface area contributed by atoms with E-state index in [1.54, 1.807) is 0 Å². The van der Waals surface area contributed by atoms with Crippen LogP contribution in [0, 0.1) is 0 Å². The van der Waals surface area contributed by atoms with Gasteiger partial charge in [0.25, 0.3) is 18.9 Å². The second-order valence-corrected chi connectivity index (χ2v) is 7.96. The second kappa shape index (κ2) is 17.6. The maximum absolute atomic E-state index is 12.6. The number of aromatic nitrogens is 1. The number of carbonyl (C=O) groups is 3. The number of H-pyrrole nitrogens is 1. The summed E-state index contributed by atoms with van der Waals surface area (Å²) >= 11 is 0. The van der Waals surface area contributed by atoms with E-state index in [4.69, 9.17) is 19.8 Å². The molecule has 2 aromatic rings. The number of nitrogens with zero attached hydrogens (tertiary/aromatic N) is 1. The lowest BCUT2D eigenvalue weighted by Crippen LogP contribution is -2.36. The Hall–Kier alpha value is -2.91. The van der Waals surface area contributed by atoms with Gasteiger partial charge in [-0.05, 0) is 56.5 Å². The summed E-state index contributed by atoms with van der Waals surface area (Å²) in [7, 11) is 1.89. The van der Waals surface area contributed by atoms with Crippen LogP contribution in [0.4, 0.5) is 0 Å². The van der Waals surface area contributed by atoms with E-state index in [0.717, 1.165) is 61.5 Å². The summed E-state index contributed by atoms with van der Waals surface area (Å²) in [5, 5.41) is 22.0. The molecule has 0 atom stereocenters. The number of amides is 1. The molecule has 184 valence electrons. The van der Waals surface area contributed by atoms with Gasteiger partial charge in [-0.1, -0.05) is 19.3 Å². The number of hydrogen-bond acceptors (Lipinski definition) is 5. The fraction of sp³-hybridized carbons (Fsp3) is 0.542. The molecule has 1 amide bonds. The first-order valence-electron chi connectivity index (χ1n) is 11.5. The lowest BCUT2D eigenvalue weighted by molar-refractivity contribution is -0.123. The van der Waals surface area contributed by atoms with Crippen LogP contribution >= 0.6 is 0 Å². The molecule has 1 aliphatic rings. The van der Waals surface area contributed by atoms with E-state index < -0.39 is 0 Å². The molecule has 0 saturated heterocycles. The van der Waals surface area contributed by atoms with Crippen LogP contribution in [-0.4, -0.2) is 78.2 Å². The van der Waals surface area contributed by atoms with Crippen molar-refractivity contribution in [3.63, 3.8) is 0 Å². The van der Waals surface area contributed by atoms with Gasteiger partial charge in [0.05, 0.1) is 0 Å². The fourth-order valence-corrected chi connectivity index (χ4v) is 3.90. The molecule has 9 heteroatoms. The number of benzene rings is 1. The summed E-state index contributed by atoms with van der Waals surface area (Å²) in [6.07, 6.45) is 10.9. The quantitative estimate of drug-likeness (QED) is 0.271. The number of rotatable bonds is 10. The van der Waals surface area contributed by atoms with E-state index in [9.17, 15) is 4.79 Å². The standard InChI is InChI=1S/C22H34N4O.2CH2O2/c1-26(22(27)19-9-10-21-18(17-19)11-13-25-21)16-6-5-12-23-14-15-24-20-7-3-2-4-8-20;2*2-1-3/h9-11,13,17,20,23-25H,2-8,12,14-16H2,1H3;2*1H,(H,2,3). The summed E-state index contributed by atoms with van der Waals surface area (Å²) in [5.74, 6) is 0.0998. The highest BCUT2D eigenvalue weighted by Crippen LogP contribution is 2.17. The minimum atomic E-state index is -0.250. The van der Waals surface area contributed by atoms with Crippen LogP contribution in [0.1, 0.15) is 55.3 Å². The smallest absolute Gasteiger partial charge is 0.290 e. The Morgan fingerprint density at radius 3 is 2.45 bits per heavy atom. The Kier molecular flexibility index (Phi) is 15.0. The molecule has 1 aromatic heterocycles. The zero-order valence-corrected chi connectivity index (χ0v) is 19.5. The average Bonchev–Trinajstić information content (AvgIpc) is 3.30. The Balaban J connectivity index is 0.000000819. The number of carbonyl (C=O) groups excluding carboxylic acids is 1. The number of fused-ring (bicyclic) bond motifs is 1. The van der Waals surface area contributed by atoms with Crippen molar-refractivity contribution in [2.24, 2.45) is 0 Å². The third kappa shape index (κ3) is 11.5.